The lowest BCUT2D eigenvalue weighted by molar-refractivity contribution is -0.137. The molecule has 0 fully saturated rings. The van der Waals surface area contributed by atoms with Crippen molar-refractivity contribution >= 4 is 5.69 Å². The van der Waals surface area contributed by atoms with Gasteiger partial charge in [-0.05, 0) is 36.6 Å². The van der Waals surface area contributed by atoms with Gasteiger partial charge in [-0.25, -0.2) is 0 Å². The van der Waals surface area contributed by atoms with Crippen LogP contribution in [0.5, 0.6) is 0 Å². The maximum atomic E-state index is 12.7. The molecule has 0 aromatic heterocycles. The zero-order chi connectivity index (χ0) is 14.5. The fourth-order valence-electron chi connectivity index (χ4n) is 2.13. The van der Waals surface area contributed by atoms with Gasteiger partial charge in [0.1, 0.15) is 0 Å². The van der Waals surface area contributed by atoms with Gasteiger partial charge in [0, 0.05) is 25.3 Å². The Morgan fingerprint density at radius 1 is 1.11 bits per heavy atom. The minimum absolute atomic E-state index is 0.114. The number of rotatable bonds is 6. The molecule has 0 radical (unpaired) electrons. The summed E-state index contributed by atoms with van der Waals surface area (Å²) in [4.78, 5) is 2.10. The Kier molecular flexibility index (Phi) is 5.66. The number of halogens is 3. The van der Waals surface area contributed by atoms with E-state index in [4.69, 9.17) is 5.73 Å². The van der Waals surface area contributed by atoms with Crippen molar-refractivity contribution in [2.75, 3.05) is 18.0 Å². The highest BCUT2D eigenvalue weighted by molar-refractivity contribution is 5.55. The van der Waals surface area contributed by atoms with Gasteiger partial charge in [-0.2, -0.15) is 13.2 Å². The van der Waals surface area contributed by atoms with Crippen LogP contribution in [0.3, 0.4) is 0 Å². The van der Waals surface area contributed by atoms with E-state index in [1.165, 1.54) is 6.07 Å². The topological polar surface area (TPSA) is 29.3 Å². The number of nitrogens with two attached hydrogens (primary N) is 1. The lowest BCUT2D eigenvalue weighted by atomic mass is 10.1. The Labute approximate surface area is 112 Å². The molecular formula is C14H21F3N2. The smallest absolute Gasteiger partial charge is 0.371 e. The van der Waals surface area contributed by atoms with Gasteiger partial charge in [0.2, 0.25) is 0 Å². The molecule has 0 atom stereocenters. The lowest BCUT2D eigenvalue weighted by Crippen LogP contribution is -2.26. The van der Waals surface area contributed by atoms with Gasteiger partial charge in [-0.1, -0.05) is 13.8 Å². The Hall–Kier alpha value is -1.23. The van der Waals surface area contributed by atoms with Gasteiger partial charge >= 0.3 is 6.18 Å². The van der Waals surface area contributed by atoms with Crippen molar-refractivity contribution < 1.29 is 13.2 Å². The third kappa shape index (κ3) is 4.13. The Morgan fingerprint density at radius 2 is 1.68 bits per heavy atom. The van der Waals surface area contributed by atoms with Gasteiger partial charge in [0.15, 0.2) is 0 Å². The van der Waals surface area contributed by atoms with E-state index < -0.39 is 11.7 Å². The molecule has 108 valence electrons. The molecular weight excluding hydrogens is 253 g/mol. The van der Waals surface area contributed by atoms with Gasteiger partial charge in [-0.3, -0.25) is 0 Å². The van der Waals surface area contributed by atoms with E-state index in [9.17, 15) is 13.2 Å². The van der Waals surface area contributed by atoms with E-state index in [2.05, 4.69) is 18.7 Å². The first-order valence-electron chi connectivity index (χ1n) is 6.59. The summed E-state index contributed by atoms with van der Waals surface area (Å²) in [5.74, 6) is 0. The zero-order valence-corrected chi connectivity index (χ0v) is 11.4. The van der Waals surface area contributed by atoms with Crippen molar-refractivity contribution in [2.24, 2.45) is 5.73 Å². The van der Waals surface area contributed by atoms with Crippen LogP contribution in [0.4, 0.5) is 18.9 Å². The van der Waals surface area contributed by atoms with E-state index in [0.29, 0.717) is 5.56 Å². The predicted octanol–water partition coefficient (Wildman–Crippen LogP) is 3.79. The number of anilines is 1. The number of hydrogen-bond donors (Lipinski definition) is 1. The first-order chi connectivity index (χ1) is 8.93. The number of hydrogen-bond acceptors (Lipinski definition) is 2. The number of nitrogens with zero attached hydrogens (tertiary/aromatic N) is 1. The second kappa shape index (κ2) is 6.80. The second-order valence-electron chi connectivity index (χ2n) is 4.53. The van der Waals surface area contributed by atoms with Gasteiger partial charge in [-0.15, -0.1) is 0 Å². The molecule has 0 aliphatic carbocycles. The number of alkyl halides is 3. The molecule has 0 aliphatic heterocycles. The van der Waals surface area contributed by atoms with Crippen LogP contribution in [0.25, 0.3) is 0 Å². The third-order valence-electron chi connectivity index (χ3n) is 2.95. The molecule has 0 bridgehead atoms. The van der Waals surface area contributed by atoms with E-state index in [1.54, 1.807) is 0 Å². The highest BCUT2D eigenvalue weighted by Crippen LogP contribution is 2.33. The molecule has 1 aromatic carbocycles. The summed E-state index contributed by atoms with van der Waals surface area (Å²) < 4.78 is 38.0. The van der Waals surface area contributed by atoms with Crippen molar-refractivity contribution in [3.05, 3.63) is 29.3 Å². The quantitative estimate of drug-likeness (QED) is 0.855. The van der Waals surface area contributed by atoms with Crippen molar-refractivity contribution in [3.63, 3.8) is 0 Å². The Balaban J connectivity index is 3.13. The van der Waals surface area contributed by atoms with Crippen molar-refractivity contribution in [1.82, 2.24) is 0 Å². The van der Waals surface area contributed by atoms with Crippen LogP contribution >= 0.6 is 0 Å². The normalized spacial score (nSPS) is 11.7. The van der Waals surface area contributed by atoms with Gasteiger partial charge in [0.05, 0.1) is 5.56 Å². The van der Waals surface area contributed by atoms with Gasteiger partial charge < -0.3 is 10.6 Å². The minimum Gasteiger partial charge on any atom is -0.371 e. The summed E-state index contributed by atoms with van der Waals surface area (Å²) in [6.07, 6.45) is -2.42. The first-order valence-corrected chi connectivity index (χ1v) is 6.59. The highest BCUT2D eigenvalue weighted by atomic mass is 19.4. The molecule has 0 amide bonds. The number of benzene rings is 1. The molecule has 5 heteroatoms. The monoisotopic (exact) mass is 274 g/mol. The van der Waals surface area contributed by atoms with Crippen LogP contribution in [0, 0.1) is 0 Å². The summed E-state index contributed by atoms with van der Waals surface area (Å²) in [5, 5.41) is 0. The van der Waals surface area contributed by atoms with Crippen LogP contribution in [0.1, 0.15) is 37.8 Å². The van der Waals surface area contributed by atoms with Crippen molar-refractivity contribution in [2.45, 2.75) is 39.4 Å². The highest BCUT2D eigenvalue weighted by Gasteiger charge is 2.31. The lowest BCUT2D eigenvalue weighted by Gasteiger charge is -2.26. The average molecular weight is 274 g/mol. The fourth-order valence-corrected chi connectivity index (χ4v) is 2.13. The molecule has 0 saturated heterocycles. The fraction of sp³-hybridized carbons (Fsp3) is 0.571. The minimum atomic E-state index is -4.32. The van der Waals surface area contributed by atoms with E-state index in [0.717, 1.165) is 43.8 Å². The summed E-state index contributed by atoms with van der Waals surface area (Å²) >= 11 is 0. The maximum absolute atomic E-state index is 12.7. The second-order valence-corrected chi connectivity index (χ2v) is 4.53. The summed E-state index contributed by atoms with van der Waals surface area (Å²) in [7, 11) is 0. The Bertz CT molecular complexity index is 396. The molecule has 2 nitrogen and oxygen atoms in total. The van der Waals surface area contributed by atoms with Gasteiger partial charge in [0.25, 0.3) is 0 Å². The first kappa shape index (κ1) is 15.8. The largest absolute Gasteiger partial charge is 0.416 e. The summed E-state index contributed by atoms with van der Waals surface area (Å²) in [5.41, 5.74) is 6.34. The van der Waals surface area contributed by atoms with Crippen LogP contribution in [-0.2, 0) is 12.7 Å². The third-order valence-corrected chi connectivity index (χ3v) is 2.95. The molecule has 0 heterocycles. The molecule has 1 aromatic rings. The molecule has 0 unspecified atom stereocenters. The Morgan fingerprint density at radius 3 is 2.11 bits per heavy atom. The zero-order valence-electron chi connectivity index (χ0n) is 11.4. The van der Waals surface area contributed by atoms with E-state index in [-0.39, 0.29) is 6.54 Å². The van der Waals surface area contributed by atoms with Crippen LogP contribution in [0.2, 0.25) is 0 Å². The van der Waals surface area contributed by atoms with Crippen LogP contribution in [-0.4, -0.2) is 13.1 Å². The molecule has 0 aliphatic rings. The van der Waals surface area contributed by atoms with Crippen molar-refractivity contribution in [1.29, 1.82) is 0 Å². The summed E-state index contributed by atoms with van der Waals surface area (Å²) in [6, 6.07) is 3.83. The molecule has 0 spiro atoms. The average Bonchev–Trinajstić information content (AvgIpc) is 2.36. The SMILES string of the molecule is CCCN(CCC)c1ccc(C(F)(F)F)cc1CN. The van der Waals surface area contributed by atoms with Crippen LogP contribution < -0.4 is 10.6 Å². The molecule has 19 heavy (non-hydrogen) atoms. The van der Waals surface area contributed by atoms with E-state index >= 15 is 0 Å². The van der Waals surface area contributed by atoms with Crippen molar-refractivity contribution in [3.8, 4) is 0 Å². The molecule has 0 saturated carbocycles. The standard InChI is InChI=1S/C14H21F3N2/c1-3-7-19(8-4-2)13-6-5-12(14(15,16)17)9-11(13)10-18/h5-6,9H,3-4,7-8,10,18H2,1-2H3. The summed E-state index contributed by atoms with van der Waals surface area (Å²) in [6.45, 7) is 5.87. The van der Waals surface area contributed by atoms with Crippen LogP contribution in [0.15, 0.2) is 18.2 Å². The predicted molar refractivity (Wildman–Crippen MR) is 72.1 cm³/mol. The van der Waals surface area contributed by atoms with E-state index in [1.807, 2.05) is 0 Å². The molecule has 2 N–H and O–H groups in total. The molecule has 1 rings (SSSR count). The maximum Gasteiger partial charge on any atom is 0.416 e.